The Morgan fingerprint density at radius 2 is 1.89 bits per heavy atom. The van der Waals surface area contributed by atoms with Crippen LogP contribution in [0.15, 0.2) is 0 Å². The lowest BCUT2D eigenvalue weighted by atomic mass is 10.3. The Morgan fingerprint density at radius 1 is 1.33 bits per heavy atom. The fraction of sp³-hybridized carbons (Fsp3) is 1.00. The molecule has 0 amide bonds. The molecule has 0 aliphatic carbocycles. The highest BCUT2D eigenvalue weighted by molar-refractivity contribution is 8.00. The molecule has 56 valence electrons. The Labute approximate surface area is 75.7 Å². The zero-order valence-corrected chi connectivity index (χ0v) is 10.0. The van der Waals surface area contributed by atoms with Crippen molar-refractivity contribution in [3.63, 3.8) is 0 Å². The van der Waals surface area contributed by atoms with Crippen LogP contribution in [-0.2, 0) is 4.43 Å². The van der Waals surface area contributed by atoms with E-state index in [1.807, 2.05) is 0 Å². The lowest BCUT2D eigenvalue weighted by molar-refractivity contribution is 0.341. The third kappa shape index (κ3) is 5.66. The van der Waals surface area contributed by atoms with E-state index in [0.29, 0.717) is 0 Å². The van der Waals surface area contributed by atoms with Gasteiger partial charge in [0, 0.05) is 11.9 Å². The number of thiol groups is 3. The van der Waals surface area contributed by atoms with Gasteiger partial charge in [0.05, 0.1) is 4.58 Å². The van der Waals surface area contributed by atoms with Crippen LogP contribution in [0.5, 0.6) is 0 Å². The molecule has 1 atom stereocenters. The van der Waals surface area contributed by atoms with Crippen molar-refractivity contribution in [3.8, 4) is 0 Å². The van der Waals surface area contributed by atoms with Gasteiger partial charge in [0.25, 0.3) is 0 Å². The van der Waals surface area contributed by atoms with Crippen molar-refractivity contribution in [2.45, 2.75) is 16.3 Å². The predicted molar refractivity (Wildman–Crippen MR) is 55.0 cm³/mol. The first-order valence-corrected chi connectivity index (χ1v) is 5.08. The summed E-state index contributed by atoms with van der Waals surface area (Å²) in [5.74, 6) is 0. The molecule has 1 nitrogen and oxygen atoms in total. The second-order valence-electron chi connectivity index (χ2n) is 1.76. The molecular weight excluding hydrogens is 188 g/mol. The minimum atomic E-state index is 0.0603. The molecule has 0 saturated heterocycles. The van der Waals surface area contributed by atoms with E-state index in [1.54, 1.807) is 0 Å². The molecule has 0 bridgehead atoms. The molecule has 1 unspecified atom stereocenters. The van der Waals surface area contributed by atoms with Crippen molar-refractivity contribution in [2.75, 3.05) is 6.61 Å². The van der Waals surface area contributed by atoms with Gasteiger partial charge in [-0.3, -0.25) is 0 Å². The Kier molecular flexibility index (Phi) is 6.78. The van der Waals surface area contributed by atoms with E-state index in [2.05, 4.69) is 37.9 Å². The summed E-state index contributed by atoms with van der Waals surface area (Å²) >= 11 is 12.5. The fourth-order valence-electron chi connectivity index (χ4n) is 0.388. The molecule has 9 heavy (non-hydrogen) atoms. The third-order valence-electron chi connectivity index (χ3n) is 0.962. The molecule has 0 aromatic rings. The van der Waals surface area contributed by atoms with E-state index in [0.717, 1.165) is 23.5 Å². The monoisotopic (exact) mass is 200 g/mol. The first kappa shape index (κ1) is 10.2. The molecule has 0 saturated carbocycles. The maximum absolute atomic E-state index is 4.98. The van der Waals surface area contributed by atoms with Crippen molar-refractivity contribution in [1.82, 2.24) is 0 Å². The zero-order valence-electron chi connectivity index (χ0n) is 5.32. The maximum atomic E-state index is 4.98. The lowest BCUT2D eigenvalue weighted by Gasteiger charge is -2.11. The minimum absolute atomic E-state index is 0.0603. The van der Waals surface area contributed by atoms with Crippen LogP contribution >= 0.6 is 37.9 Å². The molecule has 0 aromatic carbocycles. The smallest absolute Gasteiger partial charge is 0.145 e. The van der Waals surface area contributed by atoms with Crippen LogP contribution in [0.1, 0.15) is 6.42 Å². The van der Waals surface area contributed by atoms with Crippen LogP contribution in [0.4, 0.5) is 0 Å². The normalized spacial score (nSPS) is 14.7. The predicted octanol–water partition coefficient (Wildman–Crippen LogP) is 0.158. The van der Waals surface area contributed by atoms with Gasteiger partial charge in [-0.2, -0.15) is 37.9 Å². The number of rotatable bonds is 4. The summed E-state index contributed by atoms with van der Waals surface area (Å²) in [7, 11) is 0.806. The van der Waals surface area contributed by atoms with Gasteiger partial charge in [-0.15, -0.1) is 0 Å². The molecule has 0 N–H and O–H groups in total. The van der Waals surface area contributed by atoms with Gasteiger partial charge < -0.3 is 4.43 Å². The first-order chi connectivity index (χ1) is 4.18. The van der Waals surface area contributed by atoms with Crippen molar-refractivity contribution in [3.05, 3.63) is 0 Å². The van der Waals surface area contributed by atoms with Crippen LogP contribution in [0.3, 0.4) is 0 Å². The van der Waals surface area contributed by atoms with Crippen LogP contribution in [-0.4, -0.2) is 26.9 Å². The fourth-order valence-corrected chi connectivity index (χ4v) is 1.03. The molecule has 0 aromatic heterocycles. The van der Waals surface area contributed by atoms with E-state index in [4.69, 9.17) is 4.43 Å². The second kappa shape index (κ2) is 5.97. The van der Waals surface area contributed by atoms with Crippen LogP contribution < -0.4 is 0 Å². The van der Waals surface area contributed by atoms with E-state index in [-0.39, 0.29) is 9.83 Å². The van der Waals surface area contributed by atoms with Gasteiger partial charge in [-0.25, -0.2) is 0 Å². The molecular formula is C4H12OS3Si. The van der Waals surface area contributed by atoms with Crippen LogP contribution in [0.25, 0.3) is 0 Å². The molecule has 0 heterocycles. The summed E-state index contributed by atoms with van der Waals surface area (Å²) in [6, 6.07) is 0. The molecule has 0 rings (SSSR count). The minimum Gasteiger partial charge on any atom is -0.428 e. The first-order valence-electron chi connectivity index (χ1n) is 2.71. The van der Waals surface area contributed by atoms with Gasteiger partial charge in [0.15, 0.2) is 0 Å². The summed E-state index contributed by atoms with van der Waals surface area (Å²) in [5.41, 5.74) is 0. The number of hydrogen-bond donors (Lipinski definition) is 3. The highest BCUT2D eigenvalue weighted by Crippen LogP contribution is 2.15. The average Bonchev–Trinajstić information content (AvgIpc) is 1.82. The van der Waals surface area contributed by atoms with E-state index >= 15 is 0 Å². The highest BCUT2D eigenvalue weighted by atomic mass is 32.2. The van der Waals surface area contributed by atoms with E-state index in [1.165, 1.54) is 0 Å². The Balaban J connectivity index is 3.16. The number of hydrogen-bond acceptors (Lipinski definition) is 4. The maximum Gasteiger partial charge on any atom is 0.145 e. The molecule has 0 aliphatic heterocycles. The quantitative estimate of drug-likeness (QED) is 0.333. The zero-order chi connectivity index (χ0) is 7.28. The summed E-state index contributed by atoms with van der Waals surface area (Å²) in [4.78, 5) is 0. The lowest BCUT2D eigenvalue weighted by Crippen LogP contribution is -2.11. The Bertz CT molecular complexity index is 70.8. The molecule has 0 radical (unpaired) electrons. The largest absolute Gasteiger partial charge is 0.428 e. The molecule has 0 spiro atoms. The second-order valence-corrected chi connectivity index (χ2v) is 4.52. The Hall–Kier alpha value is 1.23. The van der Waals surface area contributed by atoms with Gasteiger partial charge >= 0.3 is 0 Å². The average molecular weight is 200 g/mol. The SMILES string of the molecule is [SiH3]OCCC(S)C(S)S. The van der Waals surface area contributed by atoms with Crippen LogP contribution in [0.2, 0.25) is 0 Å². The molecule has 0 aliphatic rings. The van der Waals surface area contributed by atoms with Gasteiger partial charge in [-0.1, -0.05) is 0 Å². The summed E-state index contributed by atoms with van der Waals surface area (Å²) < 4.78 is 5.05. The summed E-state index contributed by atoms with van der Waals surface area (Å²) in [5, 5.41) is 0.241. The molecule has 0 fully saturated rings. The van der Waals surface area contributed by atoms with Crippen molar-refractivity contribution >= 4 is 48.4 Å². The standard InChI is InChI=1S/C4H12OS3Si/c6-3(4(7)8)1-2-5-9/h3-4,6-8H,1-2H2,9H3. The van der Waals surface area contributed by atoms with Gasteiger partial charge in [0.1, 0.15) is 10.5 Å². The highest BCUT2D eigenvalue weighted by Gasteiger charge is 2.07. The van der Waals surface area contributed by atoms with Crippen molar-refractivity contribution in [1.29, 1.82) is 0 Å². The van der Waals surface area contributed by atoms with Crippen molar-refractivity contribution < 1.29 is 4.43 Å². The topological polar surface area (TPSA) is 9.23 Å². The Morgan fingerprint density at radius 3 is 2.22 bits per heavy atom. The third-order valence-corrected chi connectivity index (χ3v) is 3.12. The van der Waals surface area contributed by atoms with Crippen molar-refractivity contribution in [2.24, 2.45) is 0 Å². The summed E-state index contributed by atoms with van der Waals surface area (Å²) in [6.07, 6.45) is 0.935. The summed E-state index contributed by atoms with van der Waals surface area (Å²) in [6.45, 7) is 0.790. The van der Waals surface area contributed by atoms with E-state index in [9.17, 15) is 0 Å². The van der Waals surface area contributed by atoms with Crippen LogP contribution in [0, 0.1) is 0 Å². The van der Waals surface area contributed by atoms with E-state index < -0.39 is 0 Å². The van der Waals surface area contributed by atoms with Gasteiger partial charge in [0.2, 0.25) is 0 Å². The van der Waals surface area contributed by atoms with Gasteiger partial charge in [-0.05, 0) is 6.42 Å². The molecule has 5 heteroatoms.